The second-order valence-electron chi connectivity index (χ2n) is 6.28. The van der Waals surface area contributed by atoms with Crippen LogP contribution in [0.15, 0.2) is 54.6 Å². The third-order valence-corrected chi connectivity index (χ3v) is 4.75. The quantitative estimate of drug-likeness (QED) is 0.724. The first-order chi connectivity index (χ1) is 13.2. The molecule has 2 aromatic carbocycles. The van der Waals surface area contributed by atoms with E-state index in [1.165, 1.54) is 0 Å². The van der Waals surface area contributed by atoms with Crippen molar-refractivity contribution in [1.82, 2.24) is 0 Å². The van der Waals surface area contributed by atoms with Crippen LogP contribution in [0.1, 0.15) is 18.9 Å². The Morgan fingerprint density at radius 2 is 1.59 bits per heavy atom. The van der Waals surface area contributed by atoms with Gasteiger partial charge in [-0.3, -0.25) is 0 Å². The van der Waals surface area contributed by atoms with E-state index in [4.69, 9.17) is 14.2 Å². The molecule has 0 saturated carbocycles. The molecule has 1 heterocycles. The van der Waals surface area contributed by atoms with Crippen LogP contribution in [0, 0.1) is 0 Å². The monoisotopic (exact) mass is 367 g/mol. The summed E-state index contributed by atoms with van der Waals surface area (Å²) >= 11 is 0. The fraction of sp³-hybridized carbons (Fsp3) is 0.318. The molecule has 0 N–H and O–H groups in total. The molecule has 0 bridgehead atoms. The van der Waals surface area contributed by atoms with E-state index in [0.717, 1.165) is 28.3 Å². The molecule has 2 aromatic rings. The highest BCUT2D eigenvalue weighted by Gasteiger charge is 2.31. The Balaban J connectivity index is 1.88. The molecule has 5 nitrogen and oxygen atoms in total. The number of esters is 1. The highest BCUT2D eigenvalue weighted by Crippen LogP contribution is 2.32. The minimum atomic E-state index is -0.361. The fourth-order valence-corrected chi connectivity index (χ4v) is 3.29. The van der Waals surface area contributed by atoms with Gasteiger partial charge in [0, 0.05) is 18.7 Å². The van der Waals surface area contributed by atoms with Gasteiger partial charge in [-0.2, -0.15) is 0 Å². The van der Waals surface area contributed by atoms with Gasteiger partial charge < -0.3 is 19.1 Å². The summed E-state index contributed by atoms with van der Waals surface area (Å²) in [6, 6.07) is 15.3. The Bertz CT molecular complexity index is 796. The standard InChI is InChI=1S/C22H25NO4/c1-4-27-22(24)21-15-17(16-5-9-19(25-2)10-6-16)13-14-23(21)18-7-11-20(26-3)12-8-18/h5-13,21H,4,14-15H2,1-3H3. The van der Waals surface area contributed by atoms with Gasteiger partial charge in [-0.15, -0.1) is 0 Å². The molecule has 0 saturated heterocycles. The lowest BCUT2D eigenvalue weighted by molar-refractivity contribution is -0.144. The van der Waals surface area contributed by atoms with Crippen LogP contribution in [0.5, 0.6) is 11.5 Å². The predicted octanol–water partition coefficient (Wildman–Crippen LogP) is 3.93. The number of carbonyl (C=O) groups excluding carboxylic acids is 1. The number of benzene rings is 2. The van der Waals surface area contributed by atoms with Crippen molar-refractivity contribution in [3.05, 3.63) is 60.2 Å². The van der Waals surface area contributed by atoms with Crippen LogP contribution in [0.3, 0.4) is 0 Å². The largest absolute Gasteiger partial charge is 0.497 e. The molecule has 1 atom stereocenters. The Morgan fingerprint density at radius 3 is 2.15 bits per heavy atom. The van der Waals surface area contributed by atoms with Gasteiger partial charge in [0.15, 0.2) is 0 Å². The minimum Gasteiger partial charge on any atom is -0.497 e. The van der Waals surface area contributed by atoms with Crippen molar-refractivity contribution < 1.29 is 19.0 Å². The summed E-state index contributed by atoms with van der Waals surface area (Å²) in [4.78, 5) is 14.7. The first-order valence-electron chi connectivity index (χ1n) is 9.07. The van der Waals surface area contributed by atoms with Gasteiger partial charge in [0.25, 0.3) is 0 Å². The third-order valence-electron chi connectivity index (χ3n) is 4.75. The molecule has 0 radical (unpaired) electrons. The number of hydrogen-bond donors (Lipinski definition) is 0. The zero-order valence-corrected chi connectivity index (χ0v) is 16.0. The lowest BCUT2D eigenvalue weighted by Gasteiger charge is -2.35. The summed E-state index contributed by atoms with van der Waals surface area (Å²) in [5, 5.41) is 0. The molecule has 1 aliphatic rings. The topological polar surface area (TPSA) is 48.0 Å². The van der Waals surface area contributed by atoms with E-state index in [0.29, 0.717) is 19.6 Å². The van der Waals surface area contributed by atoms with Crippen molar-refractivity contribution in [3.8, 4) is 11.5 Å². The Hall–Kier alpha value is -2.95. The van der Waals surface area contributed by atoms with E-state index in [9.17, 15) is 4.79 Å². The molecule has 0 aromatic heterocycles. The SMILES string of the molecule is CCOC(=O)C1CC(c2ccc(OC)cc2)=CCN1c1ccc(OC)cc1. The van der Waals surface area contributed by atoms with Gasteiger partial charge in [-0.25, -0.2) is 4.79 Å². The second-order valence-corrected chi connectivity index (χ2v) is 6.28. The smallest absolute Gasteiger partial charge is 0.329 e. The van der Waals surface area contributed by atoms with Gasteiger partial charge in [-0.05, 0) is 54.5 Å². The van der Waals surface area contributed by atoms with Gasteiger partial charge in [0.05, 0.1) is 20.8 Å². The van der Waals surface area contributed by atoms with Crippen molar-refractivity contribution in [1.29, 1.82) is 0 Å². The number of carbonyl (C=O) groups is 1. The highest BCUT2D eigenvalue weighted by atomic mass is 16.5. The predicted molar refractivity (Wildman–Crippen MR) is 106 cm³/mol. The van der Waals surface area contributed by atoms with Gasteiger partial charge >= 0.3 is 5.97 Å². The first-order valence-corrected chi connectivity index (χ1v) is 9.07. The van der Waals surface area contributed by atoms with Crippen LogP contribution < -0.4 is 14.4 Å². The molecule has 142 valence electrons. The van der Waals surface area contributed by atoms with E-state index in [2.05, 4.69) is 11.0 Å². The van der Waals surface area contributed by atoms with Crippen LogP contribution >= 0.6 is 0 Å². The molecular formula is C22H25NO4. The summed E-state index contributed by atoms with van der Waals surface area (Å²) in [5.74, 6) is 1.40. The number of methoxy groups -OCH3 is 2. The molecule has 0 amide bonds. The van der Waals surface area contributed by atoms with Gasteiger partial charge in [-0.1, -0.05) is 18.2 Å². The maximum atomic E-state index is 12.6. The van der Waals surface area contributed by atoms with Crippen molar-refractivity contribution in [3.63, 3.8) is 0 Å². The third kappa shape index (κ3) is 4.25. The summed E-state index contributed by atoms with van der Waals surface area (Å²) in [6.07, 6.45) is 2.76. The summed E-state index contributed by atoms with van der Waals surface area (Å²) in [5.41, 5.74) is 3.21. The molecule has 3 rings (SSSR count). The molecule has 0 aliphatic carbocycles. The van der Waals surface area contributed by atoms with Crippen LogP contribution in [0.25, 0.3) is 5.57 Å². The molecule has 1 unspecified atom stereocenters. The fourth-order valence-electron chi connectivity index (χ4n) is 3.29. The van der Waals surface area contributed by atoms with Crippen LogP contribution in [-0.2, 0) is 9.53 Å². The van der Waals surface area contributed by atoms with E-state index in [1.807, 2.05) is 55.5 Å². The summed E-state index contributed by atoms with van der Waals surface area (Å²) in [7, 11) is 3.29. The molecular weight excluding hydrogens is 342 g/mol. The zero-order chi connectivity index (χ0) is 19.2. The number of hydrogen-bond acceptors (Lipinski definition) is 5. The van der Waals surface area contributed by atoms with Gasteiger partial charge in [0.2, 0.25) is 0 Å². The maximum absolute atomic E-state index is 12.6. The first kappa shape index (κ1) is 18.8. The number of ether oxygens (including phenoxy) is 3. The molecule has 5 heteroatoms. The van der Waals surface area contributed by atoms with Crippen molar-refractivity contribution in [2.45, 2.75) is 19.4 Å². The minimum absolute atomic E-state index is 0.201. The Kier molecular flexibility index (Phi) is 6.01. The molecule has 1 aliphatic heterocycles. The molecule has 27 heavy (non-hydrogen) atoms. The lowest BCUT2D eigenvalue weighted by Crippen LogP contribution is -2.45. The second kappa shape index (κ2) is 8.62. The summed E-state index contributed by atoms with van der Waals surface area (Å²) in [6.45, 7) is 2.84. The lowest BCUT2D eigenvalue weighted by atomic mass is 9.93. The van der Waals surface area contributed by atoms with Crippen LogP contribution in [-0.4, -0.2) is 39.4 Å². The Morgan fingerprint density at radius 1 is 1.00 bits per heavy atom. The van der Waals surface area contributed by atoms with Crippen LogP contribution in [0.2, 0.25) is 0 Å². The number of rotatable bonds is 6. The van der Waals surface area contributed by atoms with E-state index in [-0.39, 0.29) is 12.0 Å². The molecule has 0 spiro atoms. The van der Waals surface area contributed by atoms with E-state index < -0.39 is 0 Å². The number of anilines is 1. The maximum Gasteiger partial charge on any atom is 0.329 e. The normalized spacial score (nSPS) is 16.5. The van der Waals surface area contributed by atoms with Crippen molar-refractivity contribution in [2.24, 2.45) is 0 Å². The zero-order valence-electron chi connectivity index (χ0n) is 16.0. The Labute approximate surface area is 160 Å². The summed E-state index contributed by atoms with van der Waals surface area (Å²) < 4.78 is 15.8. The average molecular weight is 367 g/mol. The number of nitrogens with zero attached hydrogens (tertiary/aromatic N) is 1. The van der Waals surface area contributed by atoms with Crippen LogP contribution in [0.4, 0.5) is 5.69 Å². The molecule has 0 fully saturated rings. The average Bonchev–Trinajstić information content (AvgIpc) is 2.73. The van der Waals surface area contributed by atoms with E-state index in [1.54, 1.807) is 14.2 Å². The van der Waals surface area contributed by atoms with Crippen molar-refractivity contribution >= 4 is 17.2 Å². The highest BCUT2D eigenvalue weighted by molar-refractivity contribution is 5.85. The van der Waals surface area contributed by atoms with E-state index >= 15 is 0 Å². The van der Waals surface area contributed by atoms with Crippen molar-refractivity contribution in [2.75, 3.05) is 32.3 Å². The van der Waals surface area contributed by atoms with Gasteiger partial charge in [0.1, 0.15) is 17.5 Å².